The van der Waals surface area contributed by atoms with E-state index < -0.39 is 0 Å². The van der Waals surface area contributed by atoms with Gasteiger partial charge in [-0.2, -0.15) is 0 Å². The fraction of sp³-hybridized carbons (Fsp3) is 0.227. The molecule has 3 nitrogen and oxygen atoms in total. The second kappa shape index (κ2) is 7.16. The SMILES string of the molecule is Cc1cc(C)cc(NC(=S)N2CCn3cccc3[C@@H]2c2ccccc2F)c1. The number of nitrogens with zero attached hydrogens (tertiary/aromatic N) is 2. The van der Waals surface area contributed by atoms with Gasteiger partial charge in [-0.3, -0.25) is 0 Å². The monoisotopic (exact) mass is 379 g/mol. The van der Waals surface area contributed by atoms with Gasteiger partial charge < -0.3 is 14.8 Å². The summed E-state index contributed by atoms with van der Waals surface area (Å²) in [5.74, 6) is -0.212. The number of aromatic nitrogens is 1. The Morgan fingerprint density at radius 1 is 1.04 bits per heavy atom. The van der Waals surface area contributed by atoms with Crippen molar-refractivity contribution in [3.63, 3.8) is 0 Å². The van der Waals surface area contributed by atoms with Crippen molar-refractivity contribution in [1.82, 2.24) is 9.47 Å². The number of hydrogen-bond donors (Lipinski definition) is 1. The van der Waals surface area contributed by atoms with E-state index in [9.17, 15) is 4.39 Å². The topological polar surface area (TPSA) is 20.2 Å². The largest absolute Gasteiger partial charge is 0.348 e. The number of fused-ring (bicyclic) bond motifs is 1. The highest BCUT2D eigenvalue weighted by Gasteiger charge is 2.32. The molecular weight excluding hydrogens is 357 g/mol. The van der Waals surface area contributed by atoms with E-state index in [1.165, 1.54) is 17.2 Å². The zero-order chi connectivity index (χ0) is 19.0. The Labute approximate surface area is 164 Å². The van der Waals surface area contributed by atoms with Gasteiger partial charge in [0.2, 0.25) is 0 Å². The Morgan fingerprint density at radius 3 is 2.52 bits per heavy atom. The molecule has 27 heavy (non-hydrogen) atoms. The van der Waals surface area contributed by atoms with E-state index in [0.29, 0.717) is 10.7 Å². The van der Waals surface area contributed by atoms with Crippen LogP contribution < -0.4 is 5.32 Å². The molecule has 0 fully saturated rings. The van der Waals surface area contributed by atoms with Crippen molar-refractivity contribution in [2.24, 2.45) is 0 Å². The van der Waals surface area contributed by atoms with Gasteiger partial charge in [0.1, 0.15) is 5.82 Å². The van der Waals surface area contributed by atoms with Gasteiger partial charge in [0.25, 0.3) is 0 Å². The van der Waals surface area contributed by atoms with Crippen molar-refractivity contribution >= 4 is 23.0 Å². The van der Waals surface area contributed by atoms with Gasteiger partial charge in [0.15, 0.2) is 5.11 Å². The Hall–Kier alpha value is -2.66. The van der Waals surface area contributed by atoms with Crippen LogP contribution in [0.2, 0.25) is 0 Å². The lowest BCUT2D eigenvalue weighted by atomic mass is 10.00. The highest BCUT2D eigenvalue weighted by Crippen LogP contribution is 2.34. The van der Waals surface area contributed by atoms with Crippen LogP contribution in [0.4, 0.5) is 10.1 Å². The first-order chi connectivity index (χ1) is 13.0. The number of rotatable bonds is 2. The molecule has 0 saturated carbocycles. The molecule has 1 atom stereocenters. The minimum atomic E-state index is -0.249. The van der Waals surface area contributed by atoms with E-state index in [-0.39, 0.29) is 11.9 Å². The predicted molar refractivity (Wildman–Crippen MR) is 112 cm³/mol. The quantitative estimate of drug-likeness (QED) is 0.630. The third-order valence-corrected chi connectivity index (χ3v) is 5.31. The average molecular weight is 380 g/mol. The third kappa shape index (κ3) is 3.47. The molecule has 0 bridgehead atoms. The lowest BCUT2D eigenvalue weighted by molar-refractivity contribution is 0.288. The zero-order valence-electron chi connectivity index (χ0n) is 15.4. The van der Waals surface area contributed by atoms with Crippen molar-refractivity contribution < 1.29 is 4.39 Å². The number of nitrogens with one attached hydrogen (secondary N) is 1. The predicted octanol–water partition coefficient (Wildman–Crippen LogP) is 5.05. The molecule has 1 aliphatic rings. The summed E-state index contributed by atoms with van der Waals surface area (Å²) in [6.07, 6.45) is 2.04. The molecule has 0 aliphatic carbocycles. The Balaban J connectivity index is 1.70. The van der Waals surface area contributed by atoms with Crippen molar-refractivity contribution in [1.29, 1.82) is 0 Å². The molecule has 3 aromatic rings. The number of hydrogen-bond acceptors (Lipinski definition) is 1. The van der Waals surface area contributed by atoms with Crippen LogP contribution in [0.15, 0.2) is 60.8 Å². The maximum absolute atomic E-state index is 14.6. The van der Waals surface area contributed by atoms with Gasteiger partial charge in [-0.1, -0.05) is 24.3 Å². The van der Waals surface area contributed by atoms with Crippen LogP contribution in [-0.4, -0.2) is 21.1 Å². The molecule has 138 valence electrons. The number of halogens is 1. The smallest absolute Gasteiger partial charge is 0.174 e. The van der Waals surface area contributed by atoms with Crippen molar-refractivity contribution in [3.05, 3.63) is 89.0 Å². The first-order valence-electron chi connectivity index (χ1n) is 9.08. The molecule has 1 aromatic heterocycles. The first-order valence-corrected chi connectivity index (χ1v) is 9.49. The number of benzene rings is 2. The standard InChI is InChI=1S/C22H22FN3S/c1-15-12-16(2)14-17(13-15)24-22(27)26-11-10-25-9-5-8-20(25)21(26)18-6-3-4-7-19(18)23/h3-9,12-14,21H,10-11H2,1-2H3,(H,24,27)/t21-/m0/s1. The second-order valence-electron chi connectivity index (χ2n) is 7.05. The fourth-order valence-corrected chi connectivity index (χ4v) is 4.18. The van der Waals surface area contributed by atoms with Gasteiger partial charge in [-0.25, -0.2) is 4.39 Å². The van der Waals surface area contributed by atoms with Crippen LogP contribution in [0.3, 0.4) is 0 Å². The normalized spacial score (nSPS) is 16.1. The Bertz CT molecular complexity index is 974. The number of aryl methyl sites for hydroxylation is 2. The summed E-state index contributed by atoms with van der Waals surface area (Å²) in [4.78, 5) is 2.08. The van der Waals surface area contributed by atoms with E-state index in [1.54, 1.807) is 6.07 Å². The molecule has 4 rings (SSSR count). The number of anilines is 1. The minimum Gasteiger partial charge on any atom is -0.348 e. The summed E-state index contributed by atoms with van der Waals surface area (Å²) in [5, 5.41) is 3.97. The molecule has 0 saturated heterocycles. The summed E-state index contributed by atoms with van der Waals surface area (Å²) in [6.45, 7) is 5.67. The molecule has 1 N–H and O–H groups in total. The van der Waals surface area contributed by atoms with E-state index >= 15 is 0 Å². The van der Waals surface area contributed by atoms with Crippen LogP contribution in [0, 0.1) is 19.7 Å². The summed E-state index contributed by atoms with van der Waals surface area (Å²) < 4.78 is 16.8. The lowest BCUT2D eigenvalue weighted by Gasteiger charge is -2.39. The fourth-order valence-electron chi connectivity index (χ4n) is 3.87. The van der Waals surface area contributed by atoms with Crippen molar-refractivity contribution in [3.8, 4) is 0 Å². The molecule has 0 amide bonds. The van der Waals surface area contributed by atoms with Gasteiger partial charge in [-0.05, 0) is 67.5 Å². The van der Waals surface area contributed by atoms with Gasteiger partial charge >= 0.3 is 0 Å². The molecule has 2 heterocycles. The first kappa shape index (κ1) is 17.7. The molecule has 1 aliphatic heterocycles. The van der Waals surface area contributed by atoms with Crippen LogP contribution in [0.5, 0.6) is 0 Å². The van der Waals surface area contributed by atoms with Crippen LogP contribution >= 0.6 is 12.2 Å². The molecule has 2 aromatic carbocycles. The van der Waals surface area contributed by atoms with Gasteiger partial charge in [-0.15, -0.1) is 0 Å². The highest BCUT2D eigenvalue weighted by atomic mass is 32.1. The molecule has 0 unspecified atom stereocenters. The number of thiocarbonyl (C=S) groups is 1. The maximum Gasteiger partial charge on any atom is 0.174 e. The highest BCUT2D eigenvalue weighted by molar-refractivity contribution is 7.80. The van der Waals surface area contributed by atoms with Crippen molar-refractivity contribution in [2.75, 3.05) is 11.9 Å². The Kier molecular flexibility index (Phi) is 4.70. The van der Waals surface area contributed by atoms with Crippen LogP contribution in [0.1, 0.15) is 28.4 Å². The van der Waals surface area contributed by atoms with Crippen molar-refractivity contribution in [2.45, 2.75) is 26.4 Å². The lowest BCUT2D eigenvalue weighted by Crippen LogP contribution is -2.44. The molecule has 5 heteroatoms. The minimum absolute atomic E-state index is 0.212. The molecule has 0 spiro atoms. The summed E-state index contributed by atoms with van der Waals surface area (Å²) >= 11 is 5.75. The van der Waals surface area contributed by atoms with E-state index in [0.717, 1.165) is 24.5 Å². The van der Waals surface area contributed by atoms with Gasteiger partial charge in [0.05, 0.1) is 6.04 Å². The molecule has 0 radical (unpaired) electrons. The summed E-state index contributed by atoms with van der Waals surface area (Å²) in [5.41, 5.74) is 5.01. The van der Waals surface area contributed by atoms with Gasteiger partial charge in [0, 0.05) is 36.2 Å². The van der Waals surface area contributed by atoms with Crippen LogP contribution in [0.25, 0.3) is 0 Å². The van der Waals surface area contributed by atoms with E-state index in [2.05, 4.69) is 46.8 Å². The maximum atomic E-state index is 14.6. The second-order valence-corrected chi connectivity index (χ2v) is 7.44. The molecular formula is C22H22FN3S. The summed E-state index contributed by atoms with van der Waals surface area (Å²) in [7, 11) is 0. The Morgan fingerprint density at radius 2 is 1.78 bits per heavy atom. The van der Waals surface area contributed by atoms with E-state index in [1.807, 2.05) is 30.5 Å². The van der Waals surface area contributed by atoms with Crippen LogP contribution in [-0.2, 0) is 6.54 Å². The zero-order valence-corrected chi connectivity index (χ0v) is 16.3. The van der Waals surface area contributed by atoms with E-state index in [4.69, 9.17) is 12.2 Å². The third-order valence-electron chi connectivity index (χ3n) is 4.97. The average Bonchev–Trinajstić information content (AvgIpc) is 3.09. The summed E-state index contributed by atoms with van der Waals surface area (Å²) in [6, 6.07) is 17.0.